The lowest BCUT2D eigenvalue weighted by molar-refractivity contribution is 0.771. The molecular formula is C9H9IN2S. The van der Waals surface area contributed by atoms with Crippen molar-refractivity contribution in [2.24, 2.45) is 7.05 Å². The largest absolute Gasteiger partial charge is 0.274 e. The summed E-state index contributed by atoms with van der Waals surface area (Å²) in [6.45, 7) is 2.11. The number of hydrogen-bond donors (Lipinski definition) is 0. The second-order valence-electron chi connectivity index (χ2n) is 2.99. The molecule has 0 spiro atoms. The van der Waals surface area contributed by atoms with E-state index in [0.29, 0.717) is 0 Å². The molecule has 2 nitrogen and oxygen atoms in total. The zero-order valence-corrected chi connectivity index (χ0v) is 10.4. The van der Waals surface area contributed by atoms with Gasteiger partial charge in [-0.3, -0.25) is 4.68 Å². The first-order valence-electron chi connectivity index (χ1n) is 3.91. The highest BCUT2D eigenvalue weighted by atomic mass is 127. The summed E-state index contributed by atoms with van der Waals surface area (Å²) in [5.74, 6) is 0. The van der Waals surface area contributed by atoms with Crippen LogP contribution in [0.4, 0.5) is 0 Å². The van der Waals surface area contributed by atoms with Crippen molar-refractivity contribution in [1.82, 2.24) is 9.78 Å². The van der Waals surface area contributed by atoms with Crippen LogP contribution in [0.15, 0.2) is 17.6 Å². The molecule has 0 saturated carbocycles. The molecule has 0 aromatic carbocycles. The van der Waals surface area contributed by atoms with Crippen molar-refractivity contribution < 1.29 is 0 Å². The van der Waals surface area contributed by atoms with E-state index in [1.54, 1.807) is 11.3 Å². The van der Waals surface area contributed by atoms with E-state index in [4.69, 9.17) is 0 Å². The Balaban J connectivity index is 2.51. The van der Waals surface area contributed by atoms with Gasteiger partial charge in [-0.05, 0) is 46.5 Å². The minimum absolute atomic E-state index is 1.10. The molecule has 2 rings (SSSR count). The highest BCUT2D eigenvalue weighted by Crippen LogP contribution is 2.28. The third-order valence-electron chi connectivity index (χ3n) is 1.75. The molecular weight excluding hydrogens is 295 g/mol. The van der Waals surface area contributed by atoms with Gasteiger partial charge in [-0.1, -0.05) is 0 Å². The fraction of sp³-hybridized carbons (Fsp3) is 0.222. The lowest BCUT2D eigenvalue weighted by Crippen LogP contribution is -1.86. The molecule has 2 aromatic rings. The van der Waals surface area contributed by atoms with Crippen LogP contribution in [0.25, 0.3) is 10.6 Å². The van der Waals surface area contributed by atoms with E-state index < -0.39 is 0 Å². The average Bonchev–Trinajstić information content (AvgIpc) is 2.58. The van der Waals surface area contributed by atoms with Crippen molar-refractivity contribution in [3.05, 3.63) is 26.8 Å². The number of aryl methyl sites for hydroxylation is 2. The highest BCUT2D eigenvalue weighted by Gasteiger charge is 2.08. The average molecular weight is 304 g/mol. The molecule has 4 heteroatoms. The van der Waals surface area contributed by atoms with Crippen molar-refractivity contribution in [3.63, 3.8) is 0 Å². The van der Waals surface area contributed by atoms with Crippen LogP contribution in [0.2, 0.25) is 0 Å². The molecule has 0 atom stereocenters. The van der Waals surface area contributed by atoms with E-state index in [9.17, 15) is 0 Å². The maximum absolute atomic E-state index is 4.41. The highest BCUT2D eigenvalue weighted by molar-refractivity contribution is 14.1. The molecule has 0 N–H and O–H groups in total. The lowest BCUT2D eigenvalue weighted by atomic mass is 10.3. The van der Waals surface area contributed by atoms with E-state index in [2.05, 4.69) is 46.1 Å². The SMILES string of the molecule is Cc1csc(-c2nn(C)cc2I)c1. The summed E-state index contributed by atoms with van der Waals surface area (Å²) in [7, 11) is 1.95. The van der Waals surface area contributed by atoms with Crippen molar-refractivity contribution in [2.75, 3.05) is 0 Å². The Kier molecular flexibility index (Phi) is 2.42. The zero-order chi connectivity index (χ0) is 9.42. The topological polar surface area (TPSA) is 17.8 Å². The smallest absolute Gasteiger partial charge is 0.116 e. The van der Waals surface area contributed by atoms with Gasteiger partial charge in [0.2, 0.25) is 0 Å². The molecule has 0 bridgehead atoms. The summed E-state index contributed by atoms with van der Waals surface area (Å²) in [6.07, 6.45) is 2.03. The van der Waals surface area contributed by atoms with Crippen molar-refractivity contribution in [2.45, 2.75) is 6.92 Å². The van der Waals surface area contributed by atoms with Gasteiger partial charge in [0, 0.05) is 13.2 Å². The number of hydrogen-bond acceptors (Lipinski definition) is 2. The molecule has 0 aliphatic carbocycles. The molecule has 0 radical (unpaired) electrons. The molecule has 2 aromatic heterocycles. The van der Waals surface area contributed by atoms with E-state index in [1.807, 2.05) is 17.9 Å². The summed E-state index contributed by atoms with van der Waals surface area (Å²) < 4.78 is 3.06. The number of halogens is 1. The van der Waals surface area contributed by atoms with Crippen LogP contribution in [-0.4, -0.2) is 9.78 Å². The number of nitrogens with zero attached hydrogens (tertiary/aromatic N) is 2. The van der Waals surface area contributed by atoms with Crippen LogP contribution in [0.5, 0.6) is 0 Å². The molecule has 0 unspecified atom stereocenters. The van der Waals surface area contributed by atoms with Gasteiger partial charge >= 0.3 is 0 Å². The third-order valence-corrected chi connectivity index (χ3v) is 3.59. The molecule has 0 amide bonds. The van der Waals surface area contributed by atoms with Gasteiger partial charge < -0.3 is 0 Å². The molecule has 0 fully saturated rings. The van der Waals surface area contributed by atoms with E-state index >= 15 is 0 Å². The summed E-state index contributed by atoms with van der Waals surface area (Å²) in [6, 6.07) is 2.18. The summed E-state index contributed by atoms with van der Waals surface area (Å²) in [5.41, 5.74) is 2.41. The molecule has 0 aliphatic rings. The first-order chi connectivity index (χ1) is 6.16. The van der Waals surface area contributed by atoms with Crippen LogP contribution in [0.1, 0.15) is 5.56 Å². The first kappa shape index (κ1) is 9.21. The maximum atomic E-state index is 4.41. The predicted molar refractivity (Wildman–Crippen MR) is 64.0 cm³/mol. The summed E-state index contributed by atoms with van der Waals surface area (Å²) >= 11 is 4.07. The van der Waals surface area contributed by atoms with E-state index in [-0.39, 0.29) is 0 Å². The fourth-order valence-electron chi connectivity index (χ4n) is 1.18. The predicted octanol–water partition coefficient (Wildman–Crippen LogP) is 3.06. The monoisotopic (exact) mass is 304 g/mol. The zero-order valence-electron chi connectivity index (χ0n) is 7.41. The fourth-order valence-corrected chi connectivity index (χ4v) is 3.06. The van der Waals surface area contributed by atoms with Crippen LogP contribution in [0.3, 0.4) is 0 Å². The number of rotatable bonds is 1. The van der Waals surface area contributed by atoms with Crippen LogP contribution in [0, 0.1) is 10.5 Å². The number of aromatic nitrogens is 2. The van der Waals surface area contributed by atoms with Gasteiger partial charge in [-0.2, -0.15) is 5.10 Å². The Bertz CT molecular complexity index is 431. The van der Waals surface area contributed by atoms with E-state index in [0.717, 1.165) is 5.69 Å². The molecule has 2 heterocycles. The normalized spacial score (nSPS) is 10.7. The molecule has 68 valence electrons. The standard InChI is InChI=1S/C9H9IN2S/c1-6-3-8(13-5-6)9-7(10)4-12(2)11-9/h3-5H,1-2H3. The molecule has 0 saturated heterocycles. The second kappa shape index (κ2) is 3.42. The van der Waals surface area contributed by atoms with Crippen LogP contribution >= 0.6 is 33.9 Å². The number of thiophene rings is 1. The minimum atomic E-state index is 1.10. The Labute approximate surface area is 94.7 Å². The Morgan fingerprint density at radius 1 is 1.54 bits per heavy atom. The summed E-state index contributed by atoms with van der Waals surface area (Å²) in [4.78, 5) is 1.25. The van der Waals surface area contributed by atoms with Crippen molar-refractivity contribution in [3.8, 4) is 10.6 Å². The Morgan fingerprint density at radius 3 is 2.77 bits per heavy atom. The van der Waals surface area contributed by atoms with Gasteiger partial charge in [0.15, 0.2) is 0 Å². The summed E-state index contributed by atoms with van der Waals surface area (Å²) in [5, 5.41) is 6.57. The second-order valence-corrected chi connectivity index (χ2v) is 5.06. The van der Waals surface area contributed by atoms with Crippen molar-refractivity contribution >= 4 is 33.9 Å². The Hall–Kier alpha value is -0.360. The third kappa shape index (κ3) is 1.78. The van der Waals surface area contributed by atoms with Gasteiger partial charge in [-0.25, -0.2) is 0 Å². The van der Waals surface area contributed by atoms with Gasteiger partial charge in [0.05, 0.1) is 8.45 Å². The molecule has 13 heavy (non-hydrogen) atoms. The van der Waals surface area contributed by atoms with Crippen LogP contribution in [-0.2, 0) is 7.05 Å². The van der Waals surface area contributed by atoms with Gasteiger partial charge in [0.25, 0.3) is 0 Å². The first-order valence-corrected chi connectivity index (χ1v) is 5.87. The lowest BCUT2D eigenvalue weighted by Gasteiger charge is -1.89. The van der Waals surface area contributed by atoms with E-state index in [1.165, 1.54) is 14.0 Å². The van der Waals surface area contributed by atoms with Gasteiger partial charge in [0.1, 0.15) is 5.69 Å². The van der Waals surface area contributed by atoms with Crippen molar-refractivity contribution in [1.29, 1.82) is 0 Å². The maximum Gasteiger partial charge on any atom is 0.116 e. The Morgan fingerprint density at radius 2 is 2.31 bits per heavy atom. The minimum Gasteiger partial charge on any atom is -0.274 e. The quantitative estimate of drug-likeness (QED) is 0.740. The van der Waals surface area contributed by atoms with Gasteiger partial charge in [-0.15, -0.1) is 11.3 Å². The van der Waals surface area contributed by atoms with Crippen LogP contribution < -0.4 is 0 Å². The molecule has 0 aliphatic heterocycles.